The Balaban J connectivity index is 1.37. The molecule has 1 aliphatic carbocycles. The van der Waals surface area contributed by atoms with Crippen LogP contribution in [0.25, 0.3) is 11.1 Å². The Morgan fingerprint density at radius 3 is 2.03 bits per heavy atom. The lowest BCUT2D eigenvalue weighted by Crippen LogP contribution is -2.10. The summed E-state index contributed by atoms with van der Waals surface area (Å²) in [6.45, 7) is 4.42. The Hall–Kier alpha value is -2.41. The molecule has 3 aromatic rings. The monoisotopic (exact) mass is 386 g/mol. The molecule has 0 atom stereocenters. The first kappa shape index (κ1) is 19.9. The molecule has 3 aromatic carbocycles. The van der Waals surface area contributed by atoms with Crippen LogP contribution in [0.4, 0.5) is 4.39 Å². The zero-order valence-corrected chi connectivity index (χ0v) is 17.6. The van der Waals surface area contributed by atoms with Crippen molar-refractivity contribution in [3.63, 3.8) is 0 Å². The second kappa shape index (κ2) is 8.95. The Bertz CT molecular complexity index is 929. The van der Waals surface area contributed by atoms with E-state index in [0.717, 1.165) is 35.8 Å². The maximum absolute atomic E-state index is 14.6. The Kier molecular flexibility index (Phi) is 6.13. The van der Waals surface area contributed by atoms with Crippen molar-refractivity contribution in [3.8, 4) is 11.1 Å². The molecule has 0 amide bonds. The SMILES string of the molecule is Cc1ccc(-c2ccc(CCc3ccc(C4CCC(C)CC4)cc3)cc2F)cc1. The van der Waals surface area contributed by atoms with Gasteiger partial charge in [0.05, 0.1) is 0 Å². The quantitative estimate of drug-likeness (QED) is 0.418. The fourth-order valence-electron chi connectivity index (χ4n) is 4.52. The average molecular weight is 387 g/mol. The van der Waals surface area contributed by atoms with Gasteiger partial charge in [-0.1, -0.05) is 86.0 Å². The summed E-state index contributed by atoms with van der Waals surface area (Å²) < 4.78 is 14.6. The Morgan fingerprint density at radius 2 is 1.38 bits per heavy atom. The van der Waals surface area contributed by atoms with Crippen molar-refractivity contribution in [2.24, 2.45) is 5.92 Å². The van der Waals surface area contributed by atoms with E-state index < -0.39 is 0 Å². The van der Waals surface area contributed by atoms with E-state index in [-0.39, 0.29) is 5.82 Å². The van der Waals surface area contributed by atoms with Crippen LogP contribution in [0.2, 0.25) is 0 Å². The zero-order chi connectivity index (χ0) is 20.2. The van der Waals surface area contributed by atoms with Crippen LogP contribution in [0.1, 0.15) is 60.8 Å². The van der Waals surface area contributed by atoms with Gasteiger partial charge in [-0.25, -0.2) is 4.39 Å². The van der Waals surface area contributed by atoms with Gasteiger partial charge in [-0.05, 0) is 72.8 Å². The highest BCUT2D eigenvalue weighted by atomic mass is 19.1. The van der Waals surface area contributed by atoms with Crippen LogP contribution in [0, 0.1) is 18.7 Å². The van der Waals surface area contributed by atoms with Crippen molar-refractivity contribution >= 4 is 0 Å². The van der Waals surface area contributed by atoms with Crippen LogP contribution in [-0.4, -0.2) is 0 Å². The van der Waals surface area contributed by atoms with Gasteiger partial charge in [0.1, 0.15) is 5.82 Å². The van der Waals surface area contributed by atoms with Gasteiger partial charge in [-0.15, -0.1) is 0 Å². The highest BCUT2D eigenvalue weighted by Crippen LogP contribution is 2.35. The van der Waals surface area contributed by atoms with Gasteiger partial charge in [0.2, 0.25) is 0 Å². The molecule has 1 heteroatoms. The molecule has 0 unspecified atom stereocenters. The summed E-state index contributed by atoms with van der Waals surface area (Å²) in [6, 6.07) is 22.9. The summed E-state index contributed by atoms with van der Waals surface area (Å²) in [5, 5.41) is 0. The van der Waals surface area contributed by atoms with E-state index in [1.165, 1.54) is 42.4 Å². The fraction of sp³-hybridized carbons (Fsp3) is 0.357. The minimum Gasteiger partial charge on any atom is -0.206 e. The van der Waals surface area contributed by atoms with Crippen LogP contribution in [0.3, 0.4) is 0 Å². The lowest BCUT2D eigenvalue weighted by Gasteiger charge is -2.26. The molecule has 1 aliphatic rings. The Labute approximate surface area is 174 Å². The van der Waals surface area contributed by atoms with Crippen molar-refractivity contribution in [1.29, 1.82) is 0 Å². The van der Waals surface area contributed by atoms with Crippen LogP contribution >= 0.6 is 0 Å². The average Bonchev–Trinajstić information content (AvgIpc) is 2.74. The highest BCUT2D eigenvalue weighted by molar-refractivity contribution is 5.64. The van der Waals surface area contributed by atoms with E-state index in [0.29, 0.717) is 5.56 Å². The Morgan fingerprint density at radius 1 is 0.759 bits per heavy atom. The molecule has 0 saturated heterocycles. The molecule has 4 rings (SSSR count). The number of benzene rings is 3. The molecule has 150 valence electrons. The third-order valence-electron chi connectivity index (χ3n) is 6.57. The maximum Gasteiger partial charge on any atom is 0.131 e. The molecule has 0 radical (unpaired) electrons. The van der Waals surface area contributed by atoms with E-state index in [2.05, 4.69) is 37.3 Å². The van der Waals surface area contributed by atoms with E-state index in [4.69, 9.17) is 0 Å². The predicted molar refractivity (Wildman–Crippen MR) is 121 cm³/mol. The zero-order valence-electron chi connectivity index (χ0n) is 17.6. The molecule has 0 spiro atoms. The van der Waals surface area contributed by atoms with Crippen LogP contribution in [-0.2, 0) is 12.8 Å². The standard InChI is InChI=1S/C28H31F/c1-20-3-12-24(13-4-20)25-16-9-22(10-17-25)7-8-23-11-18-27(28(29)19-23)26-14-5-21(2)6-15-26/h5-6,9-11,14-20,24H,3-4,7-8,12-13H2,1-2H3. The number of aryl methyl sites for hydroxylation is 3. The summed E-state index contributed by atoms with van der Waals surface area (Å²) >= 11 is 0. The van der Waals surface area contributed by atoms with Gasteiger partial charge in [0.15, 0.2) is 0 Å². The van der Waals surface area contributed by atoms with Gasteiger partial charge in [-0.2, -0.15) is 0 Å². The van der Waals surface area contributed by atoms with E-state index >= 15 is 0 Å². The molecular formula is C28H31F. The molecule has 0 nitrogen and oxygen atoms in total. The molecule has 1 fully saturated rings. The summed E-state index contributed by atoms with van der Waals surface area (Å²) in [5.74, 6) is 1.50. The summed E-state index contributed by atoms with van der Waals surface area (Å²) in [7, 11) is 0. The first-order valence-electron chi connectivity index (χ1n) is 11.0. The number of hydrogen-bond acceptors (Lipinski definition) is 0. The van der Waals surface area contributed by atoms with Crippen LogP contribution in [0.5, 0.6) is 0 Å². The smallest absolute Gasteiger partial charge is 0.131 e. The normalized spacial score (nSPS) is 19.3. The van der Waals surface area contributed by atoms with Gasteiger partial charge in [-0.3, -0.25) is 0 Å². The first-order valence-corrected chi connectivity index (χ1v) is 11.0. The van der Waals surface area contributed by atoms with E-state index in [1.807, 2.05) is 37.3 Å². The fourth-order valence-corrected chi connectivity index (χ4v) is 4.52. The lowest BCUT2D eigenvalue weighted by molar-refractivity contribution is 0.348. The number of hydrogen-bond donors (Lipinski definition) is 0. The van der Waals surface area contributed by atoms with E-state index in [9.17, 15) is 4.39 Å². The second-order valence-electron chi connectivity index (χ2n) is 8.88. The molecular weight excluding hydrogens is 355 g/mol. The molecule has 29 heavy (non-hydrogen) atoms. The largest absolute Gasteiger partial charge is 0.206 e. The topological polar surface area (TPSA) is 0 Å². The molecule has 1 saturated carbocycles. The maximum atomic E-state index is 14.6. The van der Waals surface area contributed by atoms with Crippen molar-refractivity contribution in [2.75, 3.05) is 0 Å². The van der Waals surface area contributed by atoms with Gasteiger partial charge in [0, 0.05) is 5.56 Å². The summed E-state index contributed by atoms with van der Waals surface area (Å²) in [4.78, 5) is 0. The third-order valence-corrected chi connectivity index (χ3v) is 6.57. The van der Waals surface area contributed by atoms with Crippen LogP contribution < -0.4 is 0 Å². The van der Waals surface area contributed by atoms with Crippen molar-refractivity contribution in [3.05, 3.63) is 94.8 Å². The molecule has 0 heterocycles. The van der Waals surface area contributed by atoms with Gasteiger partial charge >= 0.3 is 0 Å². The van der Waals surface area contributed by atoms with Gasteiger partial charge < -0.3 is 0 Å². The summed E-state index contributed by atoms with van der Waals surface area (Å²) in [5.41, 5.74) is 6.70. The van der Waals surface area contributed by atoms with Crippen molar-refractivity contribution < 1.29 is 4.39 Å². The predicted octanol–water partition coefficient (Wildman–Crippen LogP) is 7.88. The first-order chi connectivity index (χ1) is 14.1. The van der Waals surface area contributed by atoms with Crippen molar-refractivity contribution in [2.45, 2.75) is 58.3 Å². The number of rotatable bonds is 5. The third kappa shape index (κ3) is 4.96. The van der Waals surface area contributed by atoms with Crippen molar-refractivity contribution in [1.82, 2.24) is 0 Å². The van der Waals surface area contributed by atoms with Crippen LogP contribution in [0.15, 0.2) is 66.7 Å². The highest BCUT2D eigenvalue weighted by Gasteiger charge is 2.19. The van der Waals surface area contributed by atoms with Gasteiger partial charge in [0.25, 0.3) is 0 Å². The minimum atomic E-state index is -0.131. The lowest BCUT2D eigenvalue weighted by atomic mass is 9.79. The number of halogens is 1. The molecule has 0 N–H and O–H groups in total. The molecule has 0 bridgehead atoms. The van der Waals surface area contributed by atoms with E-state index in [1.54, 1.807) is 6.07 Å². The molecule has 0 aromatic heterocycles. The summed E-state index contributed by atoms with van der Waals surface area (Å²) in [6.07, 6.45) is 7.18. The minimum absolute atomic E-state index is 0.131. The second-order valence-corrected chi connectivity index (χ2v) is 8.88. The molecule has 0 aliphatic heterocycles.